The average Bonchev–Trinajstić information content (AvgIpc) is 2.54. The van der Waals surface area contributed by atoms with Crippen molar-refractivity contribution in [2.45, 2.75) is 19.3 Å². The Morgan fingerprint density at radius 1 is 1.32 bits per heavy atom. The molecule has 0 unspecified atom stereocenters. The summed E-state index contributed by atoms with van der Waals surface area (Å²) in [6.07, 6.45) is 0. The molecule has 6 nitrogen and oxygen atoms in total. The first-order valence-corrected chi connectivity index (χ1v) is 8.33. The van der Waals surface area contributed by atoms with Gasteiger partial charge in [-0.25, -0.2) is 4.39 Å². The molecule has 1 aromatic rings. The second-order valence-corrected chi connectivity index (χ2v) is 6.54. The molecular weight excluding hydrogens is 347 g/mol. The second-order valence-electron chi connectivity index (χ2n) is 6.13. The van der Waals surface area contributed by atoms with Gasteiger partial charge >= 0.3 is 0 Å². The van der Waals surface area contributed by atoms with Crippen LogP contribution in [0.4, 0.5) is 4.39 Å². The highest BCUT2D eigenvalue weighted by molar-refractivity contribution is 6.31. The Kier molecular flexibility index (Phi) is 8.65. The Bertz CT molecular complexity index is 608. The first-order chi connectivity index (χ1) is 11.8. The summed E-state index contributed by atoms with van der Waals surface area (Å²) in [7, 11) is 3.20. The summed E-state index contributed by atoms with van der Waals surface area (Å²) in [4.78, 5) is 15.8. The van der Waals surface area contributed by atoms with E-state index in [1.165, 1.54) is 12.1 Å². The molecule has 0 heterocycles. The Balaban J connectivity index is 2.54. The van der Waals surface area contributed by atoms with Crippen molar-refractivity contribution in [3.8, 4) is 0 Å². The van der Waals surface area contributed by atoms with Crippen molar-refractivity contribution in [1.82, 2.24) is 16.0 Å². The maximum Gasteiger partial charge on any atom is 0.239 e. The molecule has 1 aromatic carbocycles. The minimum absolute atomic E-state index is 0.0983. The molecule has 0 fully saturated rings. The molecule has 140 valence electrons. The van der Waals surface area contributed by atoms with E-state index >= 15 is 0 Å². The highest BCUT2D eigenvalue weighted by atomic mass is 35.5. The number of methoxy groups -OCH3 is 1. The van der Waals surface area contributed by atoms with Gasteiger partial charge in [0.15, 0.2) is 5.96 Å². The summed E-state index contributed by atoms with van der Waals surface area (Å²) in [5.74, 6) is -0.0245. The van der Waals surface area contributed by atoms with Crippen LogP contribution in [0.25, 0.3) is 0 Å². The van der Waals surface area contributed by atoms with Crippen molar-refractivity contribution in [2.24, 2.45) is 4.99 Å². The molecular formula is C17H26ClFN4O2. The summed E-state index contributed by atoms with van der Waals surface area (Å²) < 4.78 is 18.1. The molecule has 1 amide bonds. The minimum atomic E-state index is -0.366. The highest BCUT2D eigenvalue weighted by Crippen LogP contribution is 2.29. The number of carbonyl (C=O) groups excluding carboxylic acids is 1. The third-order valence-corrected chi connectivity index (χ3v) is 3.94. The predicted molar refractivity (Wildman–Crippen MR) is 98.7 cm³/mol. The fourth-order valence-electron chi connectivity index (χ4n) is 2.18. The number of halogens is 2. The normalized spacial score (nSPS) is 12.0. The smallest absolute Gasteiger partial charge is 0.239 e. The third kappa shape index (κ3) is 7.27. The Morgan fingerprint density at radius 2 is 2.04 bits per heavy atom. The van der Waals surface area contributed by atoms with Crippen LogP contribution < -0.4 is 16.0 Å². The molecule has 0 saturated carbocycles. The van der Waals surface area contributed by atoms with Crippen molar-refractivity contribution in [2.75, 3.05) is 40.4 Å². The Hall–Kier alpha value is -1.86. The van der Waals surface area contributed by atoms with Gasteiger partial charge in [-0.1, -0.05) is 31.5 Å². The SMILES string of the molecule is CN=C(NCC(=O)NCCOC)NCC(C)(C)c1ccc(F)cc1Cl. The molecule has 1 rings (SSSR count). The lowest BCUT2D eigenvalue weighted by molar-refractivity contribution is -0.120. The average molecular weight is 373 g/mol. The first kappa shape index (κ1) is 21.2. The predicted octanol–water partition coefficient (Wildman–Crippen LogP) is 1.68. The van der Waals surface area contributed by atoms with Gasteiger partial charge in [0.25, 0.3) is 0 Å². The van der Waals surface area contributed by atoms with E-state index in [0.29, 0.717) is 30.7 Å². The van der Waals surface area contributed by atoms with Crippen molar-refractivity contribution >= 4 is 23.5 Å². The molecule has 0 aliphatic rings. The molecule has 0 radical (unpaired) electrons. The number of hydrogen-bond acceptors (Lipinski definition) is 3. The van der Waals surface area contributed by atoms with Crippen LogP contribution in [0.1, 0.15) is 19.4 Å². The maximum atomic E-state index is 13.2. The monoisotopic (exact) mass is 372 g/mol. The molecule has 0 bridgehead atoms. The van der Waals surface area contributed by atoms with Crippen LogP contribution in [0.3, 0.4) is 0 Å². The van der Waals surface area contributed by atoms with Gasteiger partial charge in [-0.3, -0.25) is 9.79 Å². The number of ether oxygens (including phenoxy) is 1. The van der Waals surface area contributed by atoms with Crippen LogP contribution in [-0.2, 0) is 14.9 Å². The summed E-state index contributed by atoms with van der Waals surface area (Å²) in [6.45, 7) is 5.50. The highest BCUT2D eigenvalue weighted by Gasteiger charge is 2.24. The van der Waals surface area contributed by atoms with Gasteiger partial charge in [0.05, 0.1) is 13.2 Å². The molecule has 0 saturated heterocycles. The molecule has 0 aliphatic carbocycles. The lowest BCUT2D eigenvalue weighted by Crippen LogP contribution is -2.46. The number of hydrogen-bond donors (Lipinski definition) is 3. The zero-order chi connectivity index (χ0) is 18.9. The van der Waals surface area contributed by atoms with Crippen molar-refractivity contribution in [1.29, 1.82) is 0 Å². The summed E-state index contributed by atoms with van der Waals surface area (Å²) in [5, 5.41) is 9.18. The van der Waals surface area contributed by atoms with Gasteiger partial charge in [0.2, 0.25) is 5.91 Å². The van der Waals surface area contributed by atoms with E-state index in [1.807, 2.05) is 13.8 Å². The molecule has 0 atom stereocenters. The van der Waals surface area contributed by atoms with Gasteiger partial charge in [-0.05, 0) is 17.7 Å². The number of aliphatic imine (C=N–C) groups is 1. The van der Waals surface area contributed by atoms with Gasteiger partial charge in [0, 0.05) is 37.7 Å². The Labute approximate surface area is 153 Å². The van der Waals surface area contributed by atoms with Crippen molar-refractivity contribution in [3.05, 3.63) is 34.6 Å². The van der Waals surface area contributed by atoms with Crippen molar-refractivity contribution in [3.63, 3.8) is 0 Å². The van der Waals surface area contributed by atoms with Crippen LogP contribution in [0.15, 0.2) is 23.2 Å². The zero-order valence-electron chi connectivity index (χ0n) is 15.1. The van der Waals surface area contributed by atoms with Gasteiger partial charge < -0.3 is 20.7 Å². The molecule has 25 heavy (non-hydrogen) atoms. The largest absolute Gasteiger partial charge is 0.383 e. The van der Waals surface area contributed by atoms with Gasteiger partial charge in [-0.2, -0.15) is 0 Å². The van der Waals surface area contributed by atoms with E-state index in [4.69, 9.17) is 16.3 Å². The van der Waals surface area contributed by atoms with Gasteiger partial charge in [-0.15, -0.1) is 0 Å². The summed E-state index contributed by atoms with van der Waals surface area (Å²) >= 11 is 6.15. The quantitative estimate of drug-likeness (QED) is 0.369. The van der Waals surface area contributed by atoms with E-state index in [1.54, 1.807) is 20.2 Å². The maximum absolute atomic E-state index is 13.2. The minimum Gasteiger partial charge on any atom is -0.383 e. The molecule has 0 spiro atoms. The van der Waals surface area contributed by atoms with Crippen LogP contribution >= 0.6 is 11.6 Å². The molecule has 0 aromatic heterocycles. The number of nitrogens with one attached hydrogen (secondary N) is 3. The first-order valence-electron chi connectivity index (χ1n) is 7.96. The second kappa shape index (κ2) is 10.2. The third-order valence-electron chi connectivity index (χ3n) is 3.63. The van der Waals surface area contributed by atoms with Crippen LogP contribution in [0.5, 0.6) is 0 Å². The number of amides is 1. The van der Waals surface area contributed by atoms with E-state index in [0.717, 1.165) is 5.56 Å². The zero-order valence-corrected chi connectivity index (χ0v) is 15.8. The Morgan fingerprint density at radius 3 is 2.64 bits per heavy atom. The number of carbonyl (C=O) groups is 1. The van der Waals surface area contributed by atoms with Crippen LogP contribution in [0.2, 0.25) is 5.02 Å². The molecule has 8 heteroatoms. The standard InChI is InChI=1S/C17H26ClFN4O2/c1-17(2,13-6-5-12(19)9-14(13)18)11-23-16(20-3)22-10-15(24)21-7-8-25-4/h5-6,9H,7-8,10-11H2,1-4H3,(H,21,24)(H2,20,22,23). The molecule has 3 N–H and O–H groups in total. The fraction of sp³-hybridized carbons (Fsp3) is 0.529. The van der Waals surface area contributed by atoms with Crippen LogP contribution in [-0.4, -0.2) is 52.3 Å². The molecule has 0 aliphatic heterocycles. The van der Waals surface area contributed by atoms with Crippen molar-refractivity contribution < 1.29 is 13.9 Å². The number of rotatable bonds is 8. The van der Waals surface area contributed by atoms with Gasteiger partial charge in [0.1, 0.15) is 5.82 Å². The topological polar surface area (TPSA) is 74.8 Å². The lowest BCUT2D eigenvalue weighted by Gasteiger charge is -2.27. The van der Waals surface area contributed by atoms with E-state index in [-0.39, 0.29) is 23.7 Å². The fourth-order valence-corrected chi connectivity index (χ4v) is 2.60. The number of benzene rings is 1. The summed E-state index contributed by atoms with van der Waals surface area (Å²) in [5.41, 5.74) is 0.471. The van der Waals surface area contributed by atoms with Crippen LogP contribution in [0, 0.1) is 5.82 Å². The number of guanidine groups is 1. The summed E-state index contributed by atoms with van der Waals surface area (Å²) in [6, 6.07) is 4.37. The number of nitrogens with zero attached hydrogens (tertiary/aromatic N) is 1. The van der Waals surface area contributed by atoms with E-state index in [2.05, 4.69) is 20.9 Å². The van der Waals surface area contributed by atoms with E-state index in [9.17, 15) is 9.18 Å². The lowest BCUT2D eigenvalue weighted by atomic mass is 9.84. The van der Waals surface area contributed by atoms with E-state index < -0.39 is 0 Å².